The van der Waals surface area contributed by atoms with E-state index < -0.39 is 6.29 Å². The molecule has 1 atom stereocenters. The van der Waals surface area contributed by atoms with E-state index in [1.165, 1.54) is 0 Å². The Hall–Kier alpha value is -1.19. The second-order valence-electron chi connectivity index (χ2n) is 3.63. The third-order valence-electron chi connectivity index (χ3n) is 2.63. The highest BCUT2D eigenvalue weighted by Crippen LogP contribution is 2.35. The Labute approximate surface area is 82.0 Å². The number of ketones is 1. The molecule has 3 nitrogen and oxygen atoms in total. The number of Topliss-reactive ketones (excluding diaryl/α,β-unsaturated/α-hetero) is 1. The van der Waals surface area contributed by atoms with E-state index in [2.05, 4.69) is 0 Å². The Balaban J connectivity index is 2.30. The van der Waals surface area contributed by atoms with Gasteiger partial charge in [0, 0.05) is 18.4 Å². The van der Waals surface area contributed by atoms with Gasteiger partial charge in [0.15, 0.2) is 12.1 Å². The van der Waals surface area contributed by atoms with Crippen molar-refractivity contribution in [2.45, 2.75) is 25.0 Å². The summed E-state index contributed by atoms with van der Waals surface area (Å²) in [6, 6.07) is 7.37. The zero-order chi connectivity index (χ0) is 10.1. The molecule has 0 heterocycles. The number of aliphatic hydroxyl groups is 2. The van der Waals surface area contributed by atoms with Crippen molar-refractivity contribution >= 4 is 5.78 Å². The number of carbonyl (C=O) groups excluding carboxylic acids is 1. The Morgan fingerprint density at radius 1 is 1.36 bits per heavy atom. The van der Waals surface area contributed by atoms with E-state index in [4.69, 9.17) is 10.2 Å². The molecule has 1 aromatic rings. The first-order valence-corrected chi connectivity index (χ1v) is 4.66. The molecule has 74 valence electrons. The minimum absolute atomic E-state index is 0.0290. The van der Waals surface area contributed by atoms with Crippen LogP contribution in [0.25, 0.3) is 0 Å². The van der Waals surface area contributed by atoms with E-state index in [0.717, 1.165) is 11.1 Å². The highest BCUT2D eigenvalue weighted by atomic mass is 16.5. The van der Waals surface area contributed by atoms with Gasteiger partial charge in [0.25, 0.3) is 0 Å². The highest BCUT2D eigenvalue weighted by Gasteiger charge is 2.29. The monoisotopic (exact) mass is 192 g/mol. The topological polar surface area (TPSA) is 57.5 Å². The molecule has 0 spiro atoms. The normalized spacial score (nSPS) is 20.2. The summed E-state index contributed by atoms with van der Waals surface area (Å²) >= 11 is 0. The van der Waals surface area contributed by atoms with Crippen LogP contribution in [0.1, 0.15) is 34.7 Å². The number of aliphatic hydroxyl groups excluding tert-OH is 1. The predicted molar refractivity (Wildman–Crippen MR) is 51.0 cm³/mol. The molecule has 0 aromatic heterocycles. The summed E-state index contributed by atoms with van der Waals surface area (Å²) in [5.41, 5.74) is 1.68. The second-order valence-corrected chi connectivity index (χ2v) is 3.63. The van der Waals surface area contributed by atoms with Crippen LogP contribution in [0, 0.1) is 0 Å². The summed E-state index contributed by atoms with van der Waals surface area (Å²) in [6.45, 7) is 0. The molecule has 14 heavy (non-hydrogen) atoms. The predicted octanol–water partition coefficient (Wildman–Crippen LogP) is 1.06. The van der Waals surface area contributed by atoms with Crippen molar-refractivity contribution in [2.24, 2.45) is 0 Å². The maximum Gasteiger partial charge on any atom is 0.163 e. The lowest BCUT2D eigenvalue weighted by Crippen LogP contribution is -2.09. The smallest absolute Gasteiger partial charge is 0.163 e. The Bertz CT molecular complexity index is 357. The molecule has 2 N–H and O–H groups in total. The number of fused-ring (bicyclic) bond motifs is 1. The lowest BCUT2D eigenvalue weighted by Gasteiger charge is -2.11. The molecule has 0 saturated carbocycles. The third kappa shape index (κ3) is 1.56. The molecule has 3 heteroatoms. The van der Waals surface area contributed by atoms with Crippen LogP contribution in [-0.4, -0.2) is 22.3 Å². The van der Waals surface area contributed by atoms with Crippen molar-refractivity contribution in [3.05, 3.63) is 35.4 Å². The molecule has 0 radical (unpaired) electrons. The van der Waals surface area contributed by atoms with E-state index in [9.17, 15) is 4.79 Å². The molecule has 1 aromatic carbocycles. The van der Waals surface area contributed by atoms with Gasteiger partial charge in [-0.05, 0) is 11.5 Å². The van der Waals surface area contributed by atoms with Crippen LogP contribution in [0.5, 0.6) is 0 Å². The van der Waals surface area contributed by atoms with Crippen molar-refractivity contribution in [3.63, 3.8) is 0 Å². The van der Waals surface area contributed by atoms with E-state index >= 15 is 0 Å². The zero-order valence-electron chi connectivity index (χ0n) is 7.68. The van der Waals surface area contributed by atoms with Crippen LogP contribution in [-0.2, 0) is 0 Å². The van der Waals surface area contributed by atoms with Gasteiger partial charge in [0.1, 0.15) is 0 Å². The van der Waals surface area contributed by atoms with E-state index in [1.54, 1.807) is 6.07 Å². The second kappa shape index (κ2) is 3.52. The largest absolute Gasteiger partial charge is 0.368 e. The minimum Gasteiger partial charge on any atom is -0.368 e. The molecule has 0 aliphatic heterocycles. The lowest BCUT2D eigenvalue weighted by atomic mass is 9.98. The first-order chi connectivity index (χ1) is 6.68. The van der Waals surface area contributed by atoms with Crippen LogP contribution in [0.3, 0.4) is 0 Å². The fraction of sp³-hybridized carbons (Fsp3) is 0.364. The number of benzene rings is 1. The average molecular weight is 192 g/mol. The zero-order valence-corrected chi connectivity index (χ0v) is 7.68. The van der Waals surface area contributed by atoms with Gasteiger partial charge in [0.2, 0.25) is 0 Å². The van der Waals surface area contributed by atoms with Crippen LogP contribution in [0.4, 0.5) is 0 Å². The van der Waals surface area contributed by atoms with Gasteiger partial charge in [0.05, 0.1) is 0 Å². The van der Waals surface area contributed by atoms with Crippen molar-refractivity contribution in [2.75, 3.05) is 0 Å². The molecule has 2 rings (SSSR count). The molecule has 1 unspecified atom stereocenters. The summed E-state index contributed by atoms with van der Waals surface area (Å²) in [5.74, 6) is 0.0740. The summed E-state index contributed by atoms with van der Waals surface area (Å²) in [7, 11) is 0. The quantitative estimate of drug-likeness (QED) is 0.689. The maximum atomic E-state index is 11.5. The molecular weight excluding hydrogens is 180 g/mol. The number of hydrogen-bond acceptors (Lipinski definition) is 3. The summed E-state index contributed by atoms with van der Waals surface area (Å²) < 4.78 is 0. The average Bonchev–Trinajstić information content (AvgIpc) is 2.44. The van der Waals surface area contributed by atoms with Crippen molar-refractivity contribution in [3.8, 4) is 0 Å². The first-order valence-electron chi connectivity index (χ1n) is 4.66. The van der Waals surface area contributed by atoms with Gasteiger partial charge in [-0.25, -0.2) is 0 Å². The van der Waals surface area contributed by atoms with Crippen LogP contribution < -0.4 is 0 Å². The molecule has 0 fully saturated rings. The van der Waals surface area contributed by atoms with Gasteiger partial charge in [-0.1, -0.05) is 24.3 Å². The minimum atomic E-state index is -1.33. The SMILES string of the molecule is O=C1CC(CC(O)O)c2ccccc21. The molecule has 0 amide bonds. The number of rotatable bonds is 2. The highest BCUT2D eigenvalue weighted by molar-refractivity contribution is 6.01. The molecule has 1 aliphatic rings. The Morgan fingerprint density at radius 3 is 2.79 bits per heavy atom. The maximum absolute atomic E-state index is 11.5. The van der Waals surface area contributed by atoms with Crippen molar-refractivity contribution < 1.29 is 15.0 Å². The first kappa shape index (κ1) is 9.37. The molecular formula is C11H12O3. The van der Waals surface area contributed by atoms with Crippen molar-refractivity contribution in [1.29, 1.82) is 0 Å². The Morgan fingerprint density at radius 2 is 2.07 bits per heavy atom. The van der Waals surface area contributed by atoms with E-state index in [-0.39, 0.29) is 18.1 Å². The van der Waals surface area contributed by atoms with Crippen LogP contribution in [0.2, 0.25) is 0 Å². The summed E-state index contributed by atoms with van der Waals surface area (Å²) in [4.78, 5) is 11.5. The third-order valence-corrected chi connectivity index (χ3v) is 2.63. The van der Waals surface area contributed by atoms with Gasteiger partial charge in [-0.15, -0.1) is 0 Å². The fourth-order valence-corrected chi connectivity index (χ4v) is 2.02. The van der Waals surface area contributed by atoms with Gasteiger partial charge in [-0.3, -0.25) is 4.79 Å². The molecule has 0 saturated heterocycles. The van der Waals surface area contributed by atoms with Gasteiger partial charge in [-0.2, -0.15) is 0 Å². The van der Waals surface area contributed by atoms with Crippen molar-refractivity contribution in [1.82, 2.24) is 0 Å². The van der Waals surface area contributed by atoms with Crippen LogP contribution in [0.15, 0.2) is 24.3 Å². The van der Waals surface area contributed by atoms with Gasteiger partial charge >= 0.3 is 0 Å². The Kier molecular flexibility index (Phi) is 2.35. The standard InChI is InChI=1S/C11H12O3/c12-10-5-7(6-11(13)14)8-3-1-2-4-9(8)10/h1-4,7,11,13-14H,5-6H2. The lowest BCUT2D eigenvalue weighted by molar-refractivity contribution is -0.0493. The van der Waals surface area contributed by atoms with Crippen LogP contribution >= 0.6 is 0 Å². The summed E-state index contributed by atoms with van der Waals surface area (Å²) in [6.07, 6.45) is -0.696. The fourth-order valence-electron chi connectivity index (χ4n) is 2.02. The van der Waals surface area contributed by atoms with Gasteiger partial charge < -0.3 is 10.2 Å². The van der Waals surface area contributed by atoms with E-state index in [1.807, 2.05) is 18.2 Å². The molecule has 1 aliphatic carbocycles. The van der Waals surface area contributed by atoms with E-state index in [0.29, 0.717) is 6.42 Å². The summed E-state index contributed by atoms with van der Waals surface area (Å²) in [5, 5.41) is 17.7. The molecule has 0 bridgehead atoms. The number of hydrogen-bond donors (Lipinski definition) is 2. The number of carbonyl (C=O) groups is 1.